The highest BCUT2D eigenvalue weighted by molar-refractivity contribution is 6.28. The Morgan fingerprint density at radius 3 is 2.71 bits per heavy atom. The van der Waals surface area contributed by atoms with Gasteiger partial charge in [-0.15, -0.1) is 0 Å². The molecule has 2 heterocycles. The van der Waals surface area contributed by atoms with Crippen LogP contribution in [-0.4, -0.2) is 35.4 Å². The molecule has 1 aromatic heterocycles. The number of hydrogen-bond donors (Lipinski definition) is 2. The molecule has 0 bridgehead atoms. The van der Waals surface area contributed by atoms with Gasteiger partial charge in [-0.25, -0.2) is 9.37 Å². The number of nitrogens with zero attached hydrogens (tertiary/aromatic N) is 2. The van der Waals surface area contributed by atoms with Gasteiger partial charge in [0.05, 0.1) is 6.20 Å². The molecule has 0 amide bonds. The molecule has 1 aliphatic rings. The predicted octanol–water partition coefficient (Wildman–Crippen LogP) is 2.39. The fourth-order valence-corrected chi connectivity index (χ4v) is 1.82. The number of benzene rings is 1. The van der Waals surface area contributed by atoms with E-state index in [0.29, 0.717) is 30.4 Å². The van der Waals surface area contributed by atoms with E-state index in [-0.39, 0.29) is 11.1 Å². The number of aliphatic hydroxyl groups is 1. The van der Waals surface area contributed by atoms with Crippen molar-refractivity contribution in [2.24, 2.45) is 0 Å². The second-order valence-corrected chi connectivity index (χ2v) is 4.16. The van der Waals surface area contributed by atoms with Crippen LogP contribution in [0.2, 0.25) is 5.28 Å². The van der Waals surface area contributed by atoms with E-state index in [1.165, 1.54) is 0 Å². The van der Waals surface area contributed by atoms with Crippen molar-refractivity contribution < 1.29 is 19.0 Å². The van der Waals surface area contributed by atoms with E-state index >= 15 is 0 Å². The molecule has 2 aromatic rings. The third-order valence-corrected chi connectivity index (χ3v) is 2.70. The molecular weight excluding hydrogens is 301 g/mol. The monoisotopic (exact) mass is 313 g/mol. The smallest absolute Gasteiger partial charge is 0.224 e. The van der Waals surface area contributed by atoms with Gasteiger partial charge >= 0.3 is 0 Å². The maximum Gasteiger partial charge on any atom is 0.224 e. The molecule has 21 heavy (non-hydrogen) atoms. The Labute approximate surface area is 125 Å². The molecule has 0 atom stereocenters. The fourth-order valence-electron chi connectivity index (χ4n) is 1.69. The molecule has 0 fully saturated rings. The van der Waals surface area contributed by atoms with Crippen LogP contribution in [0, 0.1) is 5.82 Å². The van der Waals surface area contributed by atoms with Crippen LogP contribution in [0.15, 0.2) is 24.4 Å². The van der Waals surface area contributed by atoms with Crippen molar-refractivity contribution in [1.82, 2.24) is 9.97 Å². The molecule has 1 aliphatic heterocycles. The zero-order chi connectivity index (χ0) is 15.2. The Hall–Kier alpha value is -2.12. The van der Waals surface area contributed by atoms with Gasteiger partial charge < -0.3 is 19.9 Å². The Kier molecular flexibility index (Phi) is 5.13. The van der Waals surface area contributed by atoms with Crippen LogP contribution >= 0.6 is 11.6 Å². The minimum atomic E-state index is -0.584. The minimum absolute atomic E-state index is 0.0108. The second kappa shape index (κ2) is 7.05. The molecule has 8 heteroatoms. The summed E-state index contributed by atoms with van der Waals surface area (Å²) in [5.41, 5.74) is 0.623. The molecule has 0 radical (unpaired) electrons. The predicted molar refractivity (Wildman–Crippen MR) is 75.9 cm³/mol. The van der Waals surface area contributed by atoms with Gasteiger partial charge in [0.25, 0.3) is 0 Å². The fraction of sp³-hybridized carbons (Fsp3) is 0.231. The van der Waals surface area contributed by atoms with Gasteiger partial charge in [0.2, 0.25) is 5.28 Å². The van der Waals surface area contributed by atoms with Crippen molar-refractivity contribution in [3.8, 4) is 11.5 Å². The maximum absolute atomic E-state index is 13.5. The first kappa shape index (κ1) is 15.3. The van der Waals surface area contributed by atoms with Crippen LogP contribution in [0.3, 0.4) is 0 Å². The third kappa shape index (κ3) is 3.71. The summed E-state index contributed by atoms with van der Waals surface area (Å²) >= 11 is 5.62. The van der Waals surface area contributed by atoms with Crippen molar-refractivity contribution in [1.29, 1.82) is 0 Å². The average molecular weight is 314 g/mol. The van der Waals surface area contributed by atoms with E-state index in [9.17, 15) is 4.39 Å². The lowest BCUT2D eigenvalue weighted by Gasteiger charge is -2.19. The zero-order valence-corrected chi connectivity index (χ0v) is 11.9. The van der Waals surface area contributed by atoms with Gasteiger partial charge in [0.15, 0.2) is 23.1 Å². The minimum Gasteiger partial charge on any atom is -0.486 e. The molecule has 0 unspecified atom stereocenters. The van der Waals surface area contributed by atoms with Gasteiger partial charge in [-0.05, 0) is 23.7 Å². The molecule has 0 spiro atoms. The van der Waals surface area contributed by atoms with E-state index in [1.807, 2.05) is 0 Å². The highest BCUT2D eigenvalue weighted by Gasteiger charge is 2.13. The van der Waals surface area contributed by atoms with Crippen LogP contribution in [-0.2, 0) is 0 Å². The summed E-state index contributed by atoms with van der Waals surface area (Å²) < 4.78 is 24.3. The Morgan fingerprint density at radius 1 is 1.24 bits per heavy atom. The number of rotatable bonds is 2. The molecule has 112 valence electrons. The van der Waals surface area contributed by atoms with Crippen molar-refractivity contribution in [3.63, 3.8) is 0 Å². The summed E-state index contributed by atoms with van der Waals surface area (Å²) in [6.45, 7) is 1.01. The summed E-state index contributed by atoms with van der Waals surface area (Å²) in [6, 6.07) is 5.20. The van der Waals surface area contributed by atoms with Crippen molar-refractivity contribution in [2.75, 3.05) is 25.6 Å². The molecular formula is C13H13ClFN3O3. The van der Waals surface area contributed by atoms with E-state index in [2.05, 4.69) is 15.3 Å². The highest BCUT2D eigenvalue weighted by Crippen LogP contribution is 2.33. The Balaban J connectivity index is 0.000000774. The van der Waals surface area contributed by atoms with Crippen molar-refractivity contribution in [3.05, 3.63) is 35.5 Å². The lowest BCUT2D eigenvalue weighted by molar-refractivity contribution is 0.171. The van der Waals surface area contributed by atoms with E-state index in [1.54, 1.807) is 18.2 Å². The molecule has 0 aliphatic carbocycles. The topological polar surface area (TPSA) is 76.5 Å². The quantitative estimate of drug-likeness (QED) is 0.829. The zero-order valence-electron chi connectivity index (χ0n) is 11.1. The number of hydrogen-bond acceptors (Lipinski definition) is 6. The summed E-state index contributed by atoms with van der Waals surface area (Å²) in [5, 5.41) is 9.79. The molecule has 3 rings (SSSR count). The average Bonchev–Trinajstić information content (AvgIpc) is 2.53. The van der Waals surface area contributed by atoms with Gasteiger partial charge in [-0.3, -0.25) is 0 Å². The van der Waals surface area contributed by atoms with Crippen molar-refractivity contribution >= 4 is 23.1 Å². The van der Waals surface area contributed by atoms with Crippen LogP contribution in [0.4, 0.5) is 15.9 Å². The molecule has 1 aromatic carbocycles. The van der Waals surface area contributed by atoms with Crippen LogP contribution < -0.4 is 14.8 Å². The van der Waals surface area contributed by atoms with E-state index in [0.717, 1.165) is 13.3 Å². The SMILES string of the molecule is CO.Fc1cnc(Cl)nc1Nc1ccc2c(c1)OCCO2. The second-order valence-electron chi connectivity index (χ2n) is 3.82. The number of anilines is 2. The Morgan fingerprint density at radius 2 is 1.95 bits per heavy atom. The summed E-state index contributed by atoms with van der Waals surface area (Å²) in [7, 11) is 1.00. The number of nitrogens with one attached hydrogen (secondary N) is 1. The summed E-state index contributed by atoms with van der Waals surface area (Å²) in [6.07, 6.45) is 1.01. The van der Waals surface area contributed by atoms with Crippen LogP contribution in [0.1, 0.15) is 0 Å². The number of aromatic nitrogens is 2. The first-order valence-corrected chi connectivity index (χ1v) is 6.39. The summed E-state index contributed by atoms with van der Waals surface area (Å²) in [5.74, 6) is 0.700. The van der Waals surface area contributed by atoms with E-state index < -0.39 is 5.82 Å². The number of fused-ring (bicyclic) bond motifs is 1. The largest absolute Gasteiger partial charge is 0.486 e. The maximum atomic E-state index is 13.5. The first-order valence-electron chi connectivity index (χ1n) is 6.02. The number of ether oxygens (including phenoxy) is 2. The molecule has 0 saturated heterocycles. The summed E-state index contributed by atoms with van der Waals surface area (Å²) in [4.78, 5) is 7.32. The highest BCUT2D eigenvalue weighted by atomic mass is 35.5. The first-order chi connectivity index (χ1) is 10.2. The van der Waals surface area contributed by atoms with Crippen LogP contribution in [0.5, 0.6) is 11.5 Å². The van der Waals surface area contributed by atoms with Crippen LogP contribution in [0.25, 0.3) is 0 Å². The van der Waals surface area contributed by atoms with Gasteiger partial charge in [0.1, 0.15) is 13.2 Å². The molecule has 6 nitrogen and oxygen atoms in total. The number of halogens is 2. The normalized spacial score (nSPS) is 12.2. The standard InChI is InChI=1S/C12H9ClFN3O2.CH4O/c13-12-15-6-8(14)11(17-12)16-7-1-2-9-10(5-7)19-4-3-18-9;1-2/h1-2,5-6H,3-4H2,(H,15,16,17);2H,1H3. The number of aliphatic hydroxyl groups excluding tert-OH is 1. The Bertz CT molecular complexity index is 628. The third-order valence-electron chi connectivity index (χ3n) is 2.52. The van der Waals surface area contributed by atoms with Crippen molar-refractivity contribution in [2.45, 2.75) is 0 Å². The van der Waals surface area contributed by atoms with Gasteiger partial charge in [-0.1, -0.05) is 0 Å². The lowest BCUT2D eigenvalue weighted by Crippen LogP contribution is -2.15. The molecule has 0 saturated carbocycles. The van der Waals surface area contributed by atoms with Gasteiger partial charge in [0, 0.05) is 18.9 Å². The van der Waals surface area contributed by atoms with Gasteiger partial charge in [-0.2, -0.15) is 4.98 Å². The molecule has 2 N–H and O–H groups in total. The van der Waals surface area contributed by atoms with E-state index in [4.69, 9.17) is 26.2 Å². The lowest BCUT2D eigenvalue weighted by atomic mass is 10.2.